The molecule has 1 aromatic heterocycles. The normalized spacial score (nSPS) is 12.1. The Bertz CT molecular complexity index is 1600. The molecule has 0 radical (unpaired) electrons. The van der Waals surface area contributed by atoms with Crippen molar-refractivity contribution in [2.24, 2.45) is 0 Å². The van der Waals surface area contributed by atoms with Gasteiger partial charge in [0, 0.05) is 9.72 Å². The highest BCUT2D eigenvalue weighted by Gasteiger charge is 2.24. The topological polar surface area (TPSA) is 92.3 Å². The molecule has 0 saturated carbocycles. The van der Waals surface area contributed by atoms with E-state index in [-0.39, 0.29) is 30.5 Å². The predicted molar refractivity (Wildman–Crippen MR) is 136 cm³/mol. The highest BCUT2D eigenvalue weighted by molar-refractivity contribution is 7.95. The maximum absolute atomic E-state index is 13.2. The Kier molecular flexibility index (Phi) is 6.56. The number of hydrogen-bond acceptors (Lipinski definition) is 5. The molecular formula is C21H15Cl3N2O4S3. The van der Waals surface area contributed by atoms with Crippen LogP contribution in [0.2, 0.25) is 15.1 Å². The molecule has 4 aromatic rings. The second-order valence-electron chi connectivity index (χ2n) is 6.99. The van der Waals surface area contributed by atoms with E-state index in [9.17, 15) is 16.8 Å². The molecule has 0 bridgehead atoms. The minimum absolute atomic E-state index is 0.0500. The molecule has 6 nitrogen and oxygen atoms in total. The average molecular weight is 562 g/mol. The van der Waals surface area contributed by atoms with Gasteiger partial charge in [0.1, 0.15) is 4.21 Å². The van der Waals surface area contributed by atoms with Gasteiger partial charge >= 0.3 is 0 Å². The van der Waals surface area contributed by atoms with E-state index in [2.05, 4.69) is 9.44 Å². The molecule has 0 saturated heterocycles. The first-order valence-corrected chi connectivity index (χ1v) is 14.2. The number of nitrogens with one attached hydrogen (secondary N) is 2. The first-order valence-electron chi connectivity index (χ1n) is 9.26. The van der Waals surface area contributed by atoms with E-state index in [1.807, 2.05) is 0 Å². The number of halogens is 3. The van der Waals surface area contributed by atoms with Gasteiger partial charge in [-0.05, 0) is 66.4 Å². The van der Waals surface area contributed by atoms with Crippen LogP contribution >= 0.6 is 46.1 Å². The van der Waals surface area contributed by atoms with Crippen LogP contribution in [0.4, 0.5) is 11.4 Å². The predicted octanol–water partition coefficient (Wildman–Crippen LogP) is 6.77. The van der Waals surface area contributed by atoms with Crippen molar-refractivity contribution in [3.8, 4) is 0 Å². The van der Waals surface area contributed by atoms with Crippen LogP contribution in [0.3, 0.4) is 0 Å². The minimum atomic E-state index is -4.07. The maximum atomic E-state index is 13.2. The summed E-state index contributed by atoms with van der Waals surface area (Å²) in [5.74, 6) is 0. The molecule has 1 heterocycles. The first kappa shape index (κ1) is 24.1. The molecule has 3 aromatic carbocycles. The molecule has 0 aliphatic heterocycles. The lowest BCUT2D eigenvalue weighted by molar-refractivity contribution is 0.599. The molecule has 0 aliphatic carbocycles. The Morgan fingerprint density at radius 1 is 0.758 bits per heavy atom. The summed E-state index contributed by atoms with van der Waals surface area (Å²) in [5.41, 5.74) is 0.670. The van der Waals surface area contributed by atoms with Crippen molar-refractivity contribution in [1.82, 2.24) is 0 Å². The Hall–Kier alpha value is -2.01. The SMILES string of the molecule is Cc1c(S(=O)(=O)Nc2ccccc2NS(=O)(=O)c2ccc(Cl)c(Cl)c2)sc2ccc(Cl)cc12. The van der Waals surface area contributed by atoms with Crippen LogP contribution in [0.1, 0.15) is 5.56 Å². The van der Waals surface area contributed by atoms with Crippen LogP contribution in [-0.4, -0.2) is 16.8 Å². The second kappa shape index (κ2) is 8.98. The molecule has 12 heteroatoms. The van der Waals surface area contributed by atoms with E-state index in [1.165, 1.54) is 30.3 Å². The summed E-state index contributed by atoms with van der Waals surface area (Å²) in [6, 6.07) is 15.1. The highest BCUT2D eigenvalue weighted by atomic mass is 35.5. The molecule has 0 spiro atoms. The second-order valence-corrected chi connectivity index (χ2v) is 12.9. The van der Waals surface area contributed by atoms with E-state index in [1.54, 1.807) is 37.3 Å². The van der Waals surface area contributed by atoms with Gasteiger partial charge in [-0.25, -0.2) is 16.8 Å². The van der Waals surface area contributed by atoms with E-state index in [4.69, 9.17) is 34.8 Å². The largest absolute Gasteiger partial charge is 0.277 e. The third-order valence-corrected chi connectivity index (χ3v) is 10.3. The standard InChI is InChI=1S/C21H15Cl3N2O4S3/c1-12-15-10-13(22)6-9-20(15)31-21(12)33(29,30)26-19-5-3-2-4-18(19)25-32(27,28)14-7-8-16(23)17(24)11-14/h2-11,25-26H,1H3. The van der Waals surface area contributed by atoms with E-state index < -0.39 is 20.0 Å². The van der Waals surface area contributed by atoms with Crippen LogP contribution < -0.4 is 9.44 Å². The summed E-state index contributed by atoms with van der Waals surface area (Å²) in [5, 5.41) is 1.53. The molecule has 33 heavy (non-hydrogen) atoms. The third-order valence-electron chi connectivity index (χ3n) is 4.72. The van der Waals surface area contributed by atoms with Crippen LogP contribution in [0, 0.1) is 6.92 Å². The zero-order valence-electron chi connectivity index (χ0n) is 16.8. The summed E-state index contributed by atoms with van der Waals surface area (Å²) >= 11 is 19.0. The number of hydrogen-bond donors (Lipinski definition) is 2. The summed E-state index contributed by atoms with van der Waals surface area (Å²) in [7, 11) is -8.09. The van der Waals surface area contributed by atoms with Gasteiger partial charge in [-0.1, -0.05) is 46.9 Å². The lowest BCUT2D eigenvalue weighted by Crippen LogP contribution is -2.17. The smallest absolute Gasteiger partial charge is 0.271 e. The van der Waals surface area contributed by atoms with Crippen molar-refractivity contribution < 1.29 is 16.8 Å². The number of anilines is 2. The lowest BCUT2D eigenvalue weighted by atomic mass is 10.2. The van der Waals surface area contributed by atoms with Gasteiger partial charge in [0.2, 0.25) is 0 Å². The monoisotopic (exact) mass is 560 g/mol. The maximum Gasteiger partial charge on any atom is 0.271 e. The van der Waals surface area contributed by atoms with Gasteiger partial charge in [-0.2, -0.15) is 0 Å². The molecule has 172 valence electrons. The Balaban J connectivity index is 1.69. The van der Waals surface area contributed by atoms with Crippen molar-refractivity contribution in [2.75, 3.05) is 9.44 Å². The van der Waals surface area contributed by atoms with Crippen molar-refractivity contribution in [2.45, 2.75) is 16.0 Å². The van der Waals surface area contributed by atoms with Crippen molar-refractivity contribution in [3.63, 3.8) is 0 Å². The Morgan fingerprint density at radius 2 is 1.39 bits per heavy atom. The first-order chi connectivity index (χ1) is 15.5. The number of sulfonamides is 2. The van der Waals surface area contributed by atoms with Crippen LogP contribution in [0.15, 0.2) is 69.8 Å². The highest BCUT2D eigenvalue weighted by Crippen LogP contribution is 2.37. The fourth-order valence-corrected chi connectivity index (χ4v) is 7.59. The number of para-hydroxylation sites is 2. The lowest BCUT2D eigenvalue weighted by Gasteiger charge is -2.14. The fraction of sp³-hybridized carbons (Fsp3) is 0.0476. The molecule has 0 unspecified atom stereocenters. The molecule has 4 rings (SSSR count). The third kappa shape index (κ3) is 4.94. The number of benzene rings is 3. The number of thiophene rings is 1. The summed E-state index contributed by atoms with van der Waals surface area (Å²) in [6.07, 6.45) is 0. The van der Waals surface area contributed by atoms with E-state index in [0.29, 0.717) is 10.6 Å². The van der Waals surface area contributed by atoms with Crippen molar-refractivity contribution >= 4 is 87.6 Å². The molecular weight excluding hydrogens is 547 g/mol. The molecule has 0 amide bonds. The fourth-order valence-electron chi connectivity index (χ4n) is 3.13. The number of fused-ring (bicyclic) bond motifs is 1. The summed E-state index contributed by atoms with van der Waals surface area (Å²) < 4.78 is 57.9. The Morgan fingerprint density at radius 3 is 2.03 bits per heavy atom. The van der Waals surface area contributed by atoms with Crippen molar-refractivity contribution in [3.05, 3.63) is 81.3 Å². The average Bonchev–Trinajstić information content (AvgIpc) is 3.08. The van der Waals surface area contributed by atoms with Crippen LogP contribution in [0.25, 0.3) is 10.1 Å². The summed E-state index contributed by atoms with van der Waals surface area (Å²) in [6.45, 7) is 1.70. The number of aryl methyl sites for hydroxylation is 1. The van der Waals surface area contributed by atoms with Gasteiger partial charge in [-0.15, -0.1) is 11.3 Å². The molecule has 0 fully saturated rings. The molecule has 0 atom stereocenters. The van der Waals surface area contributed by atoms with Gasteiger partial charge < -0.3 is 0 Å². The summed E-state index contributed by atoms with van der Waals surface area (Å²) in [4.78, 5) is -0.119. The Labute approximate surface area is 210 Å². The van der Waals surface area contributed by atoms with Crippen LogP contribution in [0.5, 0.6) is 0 Å². The van der Waals surface area contributed by atoms with E-state index >= 15 is 0 Å². The van der Waals surface area contributed by atoms with Gasteiger partial charge in [-0.3, -0.25) is 9.44 Å². The van der Waals surface area contributed by atoms with Gasteiger partial charge in [0.15, 0.2) is 0 Å². The van der Waals surface area contributed by atoms with Gasteiger partial charge in [0.05, 0.1) is 26.3 Å². The van der Waals surface area contributed by atoms with E-state index in [0.717, 1.165) is 21.4 Å². The molecule has 2 N–H and O–H groups in total. The number of rotatable bonds is 6. The molecule has 0 aliphatic rings. The minimum Gasteiger partial charge on any atom is -0.277 e. The quantitative estimate of drug-likeness (QED) is 0.272. The zero-order valence-corrected chi connectivity index (χ0v) is 21.5. The van der Waals surface area contributed by atoms with Crippen molar-refractivity contribution in [1.29, 1.82) is 0 Å². The van der Waals surface area contributed by atoms with Gasteiger partial charge in [0.25, 0.3) is 20.0 Å². The van der Waals surface area contributed by atoms with Crippen LogP contribution in [-0.2, 0) is 20.0 Å². The zero-order chi connectivity index (χ0) is 24.0.